The van der Waals surface area contributed by atoms with E-state index in [2.05, 4.69) is 39.5 Å². The molecule has 21 heavy (non-hydrogen) atoms. The van der Waals surface area contributed by atoms with Crippen molar-refractivity contribution < 1.29 is 4.74 Å². The highest BCUT2D eigenvalue weighted by Gasteiger charge is 2.10. The second-order valence-electron chi connectivity index (χ2n) is 5.04. The standard InChI is InChI=1S/C15H19N3O2S/c19-15-17-13(11-21-15)10-16-9-12-1-3-14(4-2-12)18-5-7-20-8-6-18/h1-4,11,16H,5-10H2,(H,17,19). The van der Waals surface area contributed by atoms with Gasteiger partial charge in [-0.25, -0.2) is 0 Å². The quantitative estimate of drug-likeness (QED) is 0.880. The lowest BCUT2D eigenvalue weighted by Crippen LogP contribution is -2.36. The largest absolute Gasteiger partial charge is 0.378 e. The summed E-state index contributed by atoms with van der Waals surface area (Å²) in [7, 11) is 0. The van der Waals surface area contributed by atoms with E-state index in [4.69, 9.17) is 4.74 Å². The molecular weight excluding hydrogens is 286 g/mol. The monoisotopic (exact) mass is 305 g/mol. The maximum atomic E-state index is 11.0. The molecule has 0 spiro atoms. The average molecular weight is 305 g/mol. The Morgan fingerprint density at radius 3 is 2.62 bits per heavy atom. The topological polar surface area (TPSA) is 57.4 Å². The van der Waals surface area contributed by atoms with E-state index >= 15 is 0 Å². The third-order valence-electron chi connectivity index (χ3n) is 3.53. The van der Waals surface area contributed by atoms with E-state index in [9.17, 15) is 4.79 Å². The van der Waals surface area contributed by atoms with Crippen molar-refractivity contribution in [1.29, 1.82) is 0 Å². The maximum Gasteiger partial charge on any atom is 0.304 e. The van der Waals surface area contributed by atoms with Crippen LogP contribution < -0.4 is 15.1 Å². The number of nitrogens with one attached hydrogen (secondary N) is 2. The Labute approximate surface area is 127 Å². The van der Waals surface area contributed by atoms with Gasteiger partial charge < -0.3 is 19.9 Å². The van der Waals surface area contributed by atoms with Crippen molar-refractivity contribution in [3.05, 3.63) is 50.6 Å². The molecule has 1 aromatic carbocycles. The fraction of sp³-hybridized carbons (Fsp3) is 0.400. The van der Waals surface area contributed by atoms with Gasteiger partial charge >= 0.3 is 4.87 Å². The van der Waals surface area contributed by atoms with Crippen molar-refractivity contribution in [3.63, 3.8) is 0 Å². The third kappa shape index (κ3) is 3.93. The molecule has 112 valence electrons. The lowest BCUT2D eigenvalue weighted by atomic mass is 10.2. The molecule has 2 heterocycles. The Bertz CT molecular complexity index is 614. The van der Waals surface area contributed by atoms with Crippen LogP contribution in [-0.2, 0) is 17.8 Å². The van der Waals surface area contributed by atoms with E-state index in [1.54, 1.807) is 0 Å². The predicted molar refractivity (Wildman–Crippen MR) is 85.0 cm³/mol. The number of hydrogen-bond acceptors (Lipinski definition) is 5. The molecule has 2 N–H and O–H groups in total. The van der Waals surface area contributed by atoms with Crippen molar-refractivity contribution in [2.75, 3.05) is 31.2 Å². The fourth-order valence-electron chi connectivity index (χ4n) is 2.39. The first-order valence-corrected chi connectivity index (χ1v) is 7.98. The van der Waals surface area contributed by atoms with Gasteiger partial charge in [-0.2, -0.15) is 0 Å². The summed E-state index contributed by atoms with van der Waals surface area (Å²) in [6.45, 7) is 5.02. The molecule has 3 rings (SSSR count). The van der Waals surface area contributed by atoms with Crippen molar-refractivity contribution in [2.24, 2.45) is 0 Å². The van der Waals surface area contributed by atoms with E-state index in [1.807, 2.05) is 5.38 Å². The zero-order valence-corrected chi connectivity index (χ0v) is 12.6. The Hall–Kier alpha value is -1.63. The first-order valence-electron chi connectivity index (χ1n) is 7.10. The number of morpholine rings is 1. The minimum atomic E-state index is 0.00154. The Morgan fingerprint density at radius 1 is 1.19 bits per heavy atom. The minimum Gasteiger partial charge on any atom is -0.378 e. The predicted octanol–water partition coefficient (Wildman–Crippen LogP) is 1.56. The fourth-order valence-corrected chi connectivity index (χ4v) is 2.97. The summed E-state index contributed by atoms with van der Waals surface area (Å²) in [5.74, 6) is 0. The van der Waals surface area contributed by atoms with Gasteiger partial charge in [-0.3, -0.25) is 4.79 Å². The summed E-state index contributed by atoms with van der Waals surface area (Å²) in [5, 5.41) is 5.19. The Morgan fingerprint density at radius 2 is 1.95 bits per heavy atom. The molecule has 0 aliphatic carbocycles. The second-order valence-corrected chi connectivity index (χ2v) is 5.89. The van der Waals surface area contributed by atoms with Crippen LogP contribution in [-0.4, -0.2) is 31.3 Å². The summed E-state index contributed by atoms with van der Waals surface area (Å²) in [6.07, 6.45) is 0. The van der Waals surface area contributed by atoms with Crippen LogP contribution in [0, 0.1) is 0 Å². The SMILES string of the molecule is O=c1[nH]c(CNCc2ccc(N3CCOCC3)cc2)cs1. The first-order chi connectivity index (χ1) is 10.3. The van der Waals surface area contributed by atoms with Crippen LogP contribution in [0.1, 0.15) is 11.3 Å². The third-order valence-corrected chi connectivity index (χ3v) is 4.25. The van der Waals surface area contributed by atoms with E-state index < -0.39 is 0 Å². The van der Waals surface area contributed by atoms with Gasteiger partial charge in [-0.15, -0.1) is 0 Å². The lowest BCUT2D eigenvalue weighted by Gasteiger charge is -2.28. The molecule has 0 unspecified atom stereocenters. The summed E-state index contributed by atoms with van der Waals surface area (Å²) < 4.78 is 5.37. The van der Waals surface area contributed by atoms with Crippen LogP contribution in [0.15, 0.2) is 34.4 Å². The molecule has 0 atom stereocenters. The molecule has 0 amide bonds. The van der Waals surface area contributed by atoms with Gasteiger partial charge in [0.05, 0.1) is 13.2 Å². The number of nitrogens with zero attached hydrogens (tertiary/aromatic N) is 1. The van der Waals surface area contributed by atoms with Crippen LogP contribution in [0.5, 0.6) is 0 Å². The zero-order valence-electron chi connectivity index (χ0n) is 11.8. The Balaban J connectivity index is 1.51. The van der Waals surface area contributed by atoms with Gasteiger partial charge in [0.1, 0.15) is 0 Å². The highest BCUT2D eigenvalue weighted by molar-refractivity contribution is 7.07. The molecule has 1 aliphatic heterocycles. The van der Waals surface area contributed by atoms with Crippen LogP contribution in [0.25, 0.3) is 0 Å². The summed E-state index contributed by atoms with van der Waals surface area (Å²) in [6, 6.07) is 8.62. The highest BCUT2D eigenvalue weighted by Crippen LogP contribution is 2.16. The number of H-pyrrole nitrogens is 1. The molecule has 1 fully saturated rings. The molecule has 2 aromatic rings. The lowest BCUT2D eigenvalue weighted by molar-refractivity contribution is 0.122. The van der Waals surface area contributed by atoms with Gasteiger partial charge in [-0.1, -0.05) is 23.5 Å². The Kier molecular flexibility index (Phi) is 4.69. The minimum absolute atomic E-state index is 0.00154. The van der Waals surface area contributed by atoms with Crippen molar-refractivity contribution in [2.45, 2.75) is 13.1 Å². The molecular formula is C15H19N3O2S. The molecule has 6 heteroatoms. The van der Waals surface area contributed by atoms with Crippen molar-refractivity contribution >= 4 is 17.0 Å². The summed E-state index contributed by atoms with van der Waals surface area (Å²) in [5.41, 5.74) is 3.43. The van der Waals surface area contributed by atoms with Crippen LogP contribution in [0.2, 0.25) is 0 Å². The number of anilines is 1. The van der Waals surface area contributed by atoms with Gasteiger partial charge in [-0.05, 0) is 17.7 Å². The highest BCUT2D eigenvalue weighted by atomic mass is 32.1. The van der Waals surface area contributed by atoms with Crippen LogP contribution in [0.4, 0.5) is 5.69 Å². The second kappa shape index (κ2) is 6.89. The molecule has 0 saturated carbocycles. The number of thiazole rings is 1. The van der Waals surface area contributed by atoms with Crippen molar-refractivity contribution in [3.8, 4) is 0 Å². The number of aromatic nitrogens is 1. The zero-order chi connectivity index (χ0) is 14.5. The number of aromatic amines is 1. The number of benzene rings is 1. The number of rotatable bonds is 5. The van der Waals surface area contributed by atoms with Gasteiger partial charge in [0, 0.05) is 42.9 Å². The molecule has 0 bridgehead atoms. The number of hydrogen-bond donors (Lipinski definition) is 2. The van der Waals surface area contributed by atoms with E-state index in [-0.39, 0.29) is 4.87 Å². The van der Waals surface area contributed by atoms with E-state index in [0.717, 1.165) is 38.5 Å². The molecule has 1 saturated heterocycles. The number of ether oxygens (including phenoxy) is 1. The van der Waals surface area contributed by atoms with Gasteiger partial charge in [0.15, 0.2) is 0 Å². The van der Waals surface area contributed by atoms with Gasteiger partial charge in [0.2, 0.25) is 0 Å². The average Bonchev–Trinajstić information content (AvgIpc) is 2.94. The van der Waals surface area contributed by atoms with Gasteiger partial charge in [0.25, 0.3) is 0 Å². The van der Waals surface area contributed by atoms with Crippen molar-refractivity contribution in [1.82, 2.24) is 10.3 Å². The van der Waals surface area contributed by atoms with Crippen LogP contribution >= 0.6 is 11.3 Å². The maximum absolute atomic E-state index is 11.0. The van der Waals surface area contributed by atoms with E-state index in [1.165, 1.54) is 22.6 Å². The molecule has 5 nitrogen and oxygen atoms in total. The molecule has 0 radical (unpaired) electrons. The molecule has 1 aliphatic rings. The summed E-state index contributed by atoms with van der Waals surface area (Å²) in [4.78, 5) is 16.2. The normalized spacial score (nSPS) is 15.3. The first kappa shape index (κ1) is 14.3. The van der Waals surface area contributed by atoms with E-state index in [0.29, 0.717) is 6.54 Å². The molecule has 1 aromatic heterocycles. The smallest absolute Gasteiger partial charge is 0.304 e. The van der Waals surface area contributed by atoms with Crippen LogP contribution in [0.3, 0.4) is 0 Å². The summed E-state index contributed by atoms with van der Waals surface area (Å²) >= 11 is 1.20.